The number of carbonyl (C=O) groups excluding carboxylic acids is 1. The van der Waals surface area contributed by atoms with Crippen LogP contribution in [-0.2, 0) is 21.2 Å². The highest BCUT2D eigenvalue weighted by Gasteiger charge is 2.24. The van der Waals surface area contributed by atoms with Crippen molar-refractivity contribution in [2.75, 3.05) is 19.6 Å². The van der Waals surface area contributed by atoms with Gasteiger partial charge in [0, 0.05) is 13.1 Å². The van der Waals surface area contributed by atoms with Crippen LogP contribution in [0.1, 0.15) is 30.4 Å². The molecule has 1 aliphatic heterocycles. The van der Waals surface area contributed by atoms with E-state index < -0.39 is 10.0 Å². The Morgan fingerprint density at radius 3 is 2.52 bits per heavy atom. The van der Waals surface area contributed by atoms with Gasteiger partial charge in [0.15, 0.2) is 0 Å². The number of likely N-dealkylation sites (tertiary alicyclic amines) is 1. The van der Waals surface area contributed by atoms with Crippen LogP contribution >= 0.6 is 11.3 Å². The average molecular weight is 407 g/mol. The summed E-state index contributed by atoms with van der Waals surface area (Å²) in [7, 11) is -3.58. The van der Waals surface area contributed by atoms with Gasteiger partial charge in [0.1, 0.15) is 4.21 Å². The van der Waals surface area contributed by atoms with Gasteiger partial charge in [0.25, 0.3) is 10.0 Å². The van der Waals surface area contributed by atoms with Crippen LogP contribution in [0.2, 0.25) is 0 Å². The number of hydrogen-bond acceptors (Lipinski definition) is 4. The van der Waals surface area contributed by atoms with Crippen LogP contribution in [0.4, 0.5) is 0 Å². The topological polar surface area (TPSA) is 66.5 Å². The minimum absolute atomic E-state index is 0.146. The van der Waals surface area contributed by atoms with Crippen molar-refractivity contribution >= 4 is 27.3 Å². The number of hydrogen-bond donors (Lipinski definition) is 1. The maximum absolute atomic E-state index is 12.3. The molecule has 2 heterocycles. The zero-order chi connectivity index (χ0) is 19.3. The second-order valence-electron chi connectivity index (χ2n) is 7.11. The first-order chi connectivity index (χ1) is 12.9. The van der Waals surface area contributed by atoms with Gasteiger partial charge < -0.3 is 4.90 Å². The van der Waals surface area contributed by atoms with Gasteiger partial charge in [0.2, 0.25) is 5.91 Å². The summed E-state index contributed by atoms with van der Waals surface area (Å²) in [4.78, 5) is 14.1. The molecule has 0 bridgehead atoms. The number of thiophene rings is 1. The summed E-state index contributed by atoms with van der Waals surface area (Å²) in [6.07, 6.45) is 4.17. The summed E-state index contributed by atoms with van der Waals surface area (Å²) >= 11 is 1.15. The molecule has 3 rings (SSSR count). The predicted octanol–water partition coefficient (Wildman–Crippen LogP) is 3.21. The first-order valence-corrected chi connectivity index (χ1v) is 11.7. The SMILES string of the molecule is Cc1ccc(CCC2CCN(C(=O)CNS(=O)(=O)c3cccs3)CC2)cc1. The molecule has 1 aromatic carbocycles. The van der Waals surface area contributed by atoms with E-state index in [-0.39, 0.29) is 16.7 Å². The molecule has 1 fully saturated rings. The van der Waals surface area contributed by atoms with Crippen molar-refractivity contribution in [1.82, 2.24) is 9.62 Å². The van der Waals surface area contributed by atoms with E-state index in [0.29, 0.717) is 19.0 Å². The van der Waals surface area contributed by atoms with Crippen molar-refractivity contribution in [3.8, 4) is 0 Å². The fourth-order valence-electron chi connectivity index (χ4n) is 3.35. The third-order valence-electron chi connectivity index (χ3n) is 5.10. The molecule has 27 heavy (non-hydrogen) atoms. The largest absolute Gasteiger partial charge is 0.342 e. The van der Waals surface area contributed by atoms with Crippen molar-refractivity contribution in [3.05, 3.63) is 52.9 Å². The molecule has 1 N–H and O–H groups in total. The number of rotatable bonds is 7. The number of carbonyl (C=O) groups is 1. The second kappa shape index (κ2) is 8.99. The number of nitrogens with zero attached hydrogens (tertiary/aromatic N) is 1. The third kappa shape index (κ3) is 5.64. The number of aryl methyl sites for hydroxylation is 2. The Labute approximate surface area is 165 Å². The van der Waals surface area contributed by atoms with Crippen molar-refractivity contribution in [3.63, 3.8) is 0 Å². The Morgan fingerprint density at radius 1 is 1.19 bits per heavy atom. The highest BCUT2D eigenvalue weighted by molar-refractivity contribution is 7.91. The fraction of sp³-hybridized carbons (Fsp3) is 0.450. The molecule has 1 aromatic heterocycles. The molecule has 1 saturated heterocycles. The summed E-state index contributed by atoms with van der Waals surface area (Å²) < 4.78 is 26.9. The van der Waals surface area contributed by atoms with Crippen molar-refractivity contribution in [2.45, 2.75) is 36.8 Å². The molecule has 1 amide bonds. The van der Waals surface area contributed by atoms with E-state index in [1.54, 1.807) is 16.3 Å². The summed E-state index contributed by atoms with van der Waals surface area (Å²) in [6.45, 7) is 3.33. The van der Waals surface area contributed by atoms with Crippen LogP contribution in [-0.4, -0.2) is 38.9 Å². The monoisotopic (exact) mass is 406 g/mol. The lowest BCUT2D eigenvalue weighted by atomic mass is 9.90. The van der Waals surface area contributed by atoms with Gasteiger partial charge in [-0.2, -0.15) is 0 Å². The van der Waals surface area contributed by atoms with Crippen LogP contribution in [0.15, 0.2) is 46.0 Å². The van der Waals surface area contributed by atoms with E-state index in [0.717, 1.165) is 37.0 Å². The Hall–Kier alpha value is -1.70. The summed E-state index contributed by atoms with van der Waals surface area (Å²) in [5.74, 6) is 0.477. The molecule has 0 atom stereocenters. The zero-order valence-electron chi connectivity index (χ0n) is 15.6. The molecule has 0 aliphatic carbocycles. The normalized spacial score (nSPS) is 15.8. The molecular formula is C20H26N2O3S2. The smallest absolute Gasteiger partial charge is 0.250 e. The lowest BCUT2D eigenvalue weighted by molar-refractivity contribution is -0.131. The first kappa shape index (κ1) is 20.0. The molecule has 146 valence electrons. The van der Waals surface area contributed by atoms with E-state index in [2.05, 4.69) is 35.9 Å². The number of benzene rings is 1. The van der Waals surface area contributed by atoms with Crippen LogP contribution in [0, 0.1) is 12.8 Å². The van der Waals surface area contributed by atoms with E-state index in [1.165, 1.54) is 17.2 Å². The molecule has 2 aromatic rings. The van der Waals surface area contributed by atoms with E-state index in [9.17, 15) is 13.2 Å². The molecule has 0 unspecified atom stereocenters. The minimum Gasteiger partial charge on any atom is -0.342 e. The highest BCUT2D eigenvalue weighted by atomic mass is 32.2. The summed E-state index contributed by atoms with van der Waals surface area (Å²) in [6, 6.07) is 11.9. The Kier molecular flexibility index (Phi) is 6.68. The highest BCUT2D eigenvalue weighted by Crippen LogP contribution is 2.23. The number of sulfonamides is 1. The number of nitrogens with one attached hydrogen (secondary N) is 1. The van der Waals surface area contributed by atoms with Crippen molar-refractivity contribution in [2.24, 2.45) is 5.92 Å². The Balaban J connectivity index is 1.40. The molecule has 0 radical (unpaired) electrons. The zero-order valence-corrected chi connectivity index (χ0v) is 17.2. The van der Waals surface area contributed by atoms with Crippen LogP contribution in [0.25, 0.3) is 0 Å². The third-order valence-corrected chi connectivity index (χ3v) is 7.90. The van der Waals surface area contributed by atoms with Gasteiger partial charge in [-0.1, -0.05) is 35.9 Å². The van der Waals surface area contributed by atoms with E-state index in [1.807, 2.05) is 0 Å². The van der Waals surface area contributed by atoms with Gasteiger partial charge >= 0.3 is 0 Å². The van der Waals surface area contributed by atoms with Crippen molar-refractivity contribution < 1.29 is 13.2 Å². The molecule has 0 saturated carbocycles. The standard InChI is InChI=1S/C20H26N2O3S2/c1-16-4-6-17(7-5-16)8-9-18-10-12-22(13-11-18)19(23)15-21-27(24,25)20-3-2-14-26-20/h2-7,14,18,21H,8-13,15H2,1H3. The summed E-state index contributed by atoms with van der Waals surface area (Å²) in [5, 5.41) is 1.71. The molecule has 7 heteroatoms. The van der Waals surface area contributed by atoms with Crippen molar-refractivity contribution in [1.29, 1.82) is 0 Å². The maximum atomic E-state index is 12.3. The lowest BCUT2D eigenvalue weighted by Gasteiger charge is -2.32. The van der Waals surface area contributed by atoms with E-state index in [4.69, 9.17) is 0 Å². The van der Waals surface area contributed by atoms with Crippen LogP contribution in [0.5, 0.6) is 0 Å². The maximum Gasteiger partial charge on any atom is 0.250 e. The number of piperidine rings is 1. The number of amides is 1. The quantitative estimate of drug-likeness (QED) is 0.768. The van der Waals surface area contributed by atoms with Crippen LogP contribution < -0.4 is 4.72 Å². The molecular weight excluding hydrogens is 380 g/mol. The van der Waals surface area contributed by atoms with Gasteiger partial charge in [-0.25, -0.2) is 13.1 Å². The predicted molar refractivity (Wildman–Crippen MR) is 108 cm³/mol. The Bertz CT molecular complexity index is 838. The molecule has 1 aliphatic rings. The molecule has 5 nitrogen and oxygen atoms in total. The van der Waals surface area contributed by atoms with Gasteiger partial charge in [-0.05, 0) is 55.5 Å². The van der Waals surface area contributed by atoms with Gasteiger partial charge in [-0.3, -0.25) is 4.79 Å². The lowest BCUT2D eigenvalue weighted by Crippen LogP contribution is -2.44. The fourth-order valence-corrected chi connectivity index (χ4v) is 5.36. The Morgan fingerprint density at radius 2 is 1.89 bits per heavy atom. The first-order valence-electron chi connectivity index (χ1n) is 9.30. The van der Waals surface area contributed by atoms with Gasteiger partial charge in [-0.15, -0.1) is 11.3 Å². The molecule has 0 spiro atoms. The second-order valence-corrected chi connectivity index (χ2v) is 10.0. The minimum atomic E-state index is -3.58. The van der Waals surface area contributed by atoms with Crippen LogP contribution in [0.3, 0.4) is 0 Å². The van der Waals surface area contributed by atoms with Gasteiger partial charge in [0.05, 0.1) is 6.54 Å². The summed E-state index contributed by atoms with van der Waals surface area (Å²) in [5.41, 5.74) is 2.64. The average Bonchev–Trinajstić information content (AvgIpc) is 3.22. The van der Waals surface area contributed by atoms with E-state index >= 15 is 0 Å².